The molecule has 1 saturated heterocycles. The highest BCUT2D eigenvalue weighted by atomic mass is 32.2. The second-order valence-corrected chi connectivity index (χ2v) is 6.32. The molecule has 1 aromatic carbocycles. The molecule has 1 fully saturated rings. The van der Waals surface area contributed by atoms with E-state index in [0.29, 0.717) is 11.3 Å². The van der Waals surface area contributed by atoms with Crippen molar-refractivity contribution in [1.29, 1.82) is 0 Å². The Morgan fingerprint density at radius 3 is 2.62 bits per heavy atom. The smallest absolute Gasteiger partial charge is 0.250 e. The summed E-state index contributed by atoms with van der Waals surface area (Å²) >= 11 is 6.64. The van der Waals surface area contributed by atoms with Crippen molar-refractivity contribution in [3.63, 3.8) is 0 Å². The average molecular weight is 323 g/mol. The average Bonchev–Trinajstić information content (AvgIpc) is 2.99. The second-order valence-electron chi connectivity index (χ2n) is 4.71. The standard InChI is InChI=1S/C14H17N3O2S2/c15-13(19)10-5-1-2-6-11(10)16-12(18)9-21-14(20)17-7-3-4-8-17/h1-2,5-6H,3-4,7-9H2,(H2,15,19)(H,16,18). The van der Waals surface area contributed by atoms with E-state index in [1.54, 1.807) is 24.3 Å². The second kappa shape index (κ2) is 7.42. The SMILES string of the molecule is NC(=O)c1ccccc1NC(=O)CSC(=S)N1CCCC1. The molecule has 1 heterocycles. The maximum absolute atomic E-state index is 11.9. The van der Waals surface area contributed by atoms with Gasteiger partial charge in [-0.2, -0.15) is 0 Å². The number of hydrogen-bond donors (Lipinski definition) is 2. The largest absolute Gasteiger partial charge is 0.366 e. The number of nitrogens with zero attached hydrogens (tertiary/aromatic N) is 1. The van der Waals surface area contributed by atoms with Crippen molar-refractivity contribution >= 4 is 45.8 Å². The number of benzene rings is 1. The Bertz CT molecular complexity index is 557. The van der Waals surface area contributed by atoms with Gasteiger partial charge in [0.1, 0.15) is 4.32 Å². The van der Waals surface area contributed by atoms with Crippen LogP contribution in [0.3, 0.4) is 0 Å². The summed E-state index contributed by atoms with van der Waals surface area (Å²) in [5.41, 5.74) is 6.01. The fraction of sp³-hybridized carbons (Fsp3) is 0.357. The zero-order valence-corrected chi connectivity index (χ0v) is 13.1. The van der Waals surface area contributed by atoms with Crippen LogP contribution in [0.15, 0.2) is 24.3 Å². The molecule has 1 aliphatic rings. The van der Waals surface area contributed by atoms with Gasteiger partial charge in [-0.05, 0) is 25.0 Å². The lowest BCUT2D eigenvalue weighted by Crippen LogP contribution is -2.25. The van der Waals surface area contributed by atoms with Crippen LogP contribution >= 0.6 is 24.0 Å². The topological polar surface area (TPSA) is 75.4 Å². The molecule has 0 aromatic heterocycles. The van der Waals surface area contributed by atoms with Gasteiger partial charge in [-0.15, -0.1) is 0 Å². The van der Waals surface area contributed by atoms with Crippen molar-refractivity contribution in [3.05, 3.63) is 29.8 Å². The quantitative estimate of drug-likeness (QED) is 0.827. The Labute approximate surface area is 133 Å². The zero-order valence-electron chi connectivity index (χ0n) is 11.5. The number of nitrogens with one attached hydrogen (secondary N) is 1. The molecule has 0 radical (unpaired) electrons. The van der Waals surface area contributed by atoms with E-state index in [4.69, 9.17) is 18.0 Å². The first kappa shape index (κ1) is 15.8. The van der Waals surface area contributed by atoms with Crippen LogP contribution in [0.1, 0.15) is 23.2 Å². The van der Waals surface area contributed by atoms with Gasteiger partial charge >= 0.3 is 0 Å². The number of likely N-dealkylation sites (tertiary alicyclic amines) is 1. The van der Waals surface area contributed by atoms with Crippen LogP contribution in [0.25, 0.3) is 0 Å². The number of rotatable bonds is 4. The summed E-state index contributed by atoms with van der Waals surface area (Å²) < 4.78 is 0.755. The maximum Gasteiger partial charge on any atom is 0.250 e. The van der Waals surface area contributed by atoms with Gasteiger partial charge in [0.2, 0.25) is 5.91 Å². The van der Waals surface area contributed by atoms with E-state index >= 15 is 0 Å². The molecule has 0 saturated carbocycles. The molecule has 5 nitrogen and oxygen atoms in total. The van der Waals surface area contributed by atoms with E-state index in [1.165, 1.54) is 11.8 Å². The molecule has 2 rings (SSSR count). The summed E-state index contributed by atoms with van der Waals surface area (Å²) in [4.78, 5) is 25.3. The Balaban J connectivity index is 1.87. The lowest BCUT2D eigenvalue weighted by atomic mass is 10.1. The first-order chi connectivity index (χ1) is 10.1. The number of nitrogens with two attached hydrogens (primary N) is 1. The first-order valence-corrected chi connectivity index (χ1v) is 8.07. The summed E-state index contributed by atoms with van der Waals surface area (Å²) in [6, 6.07) is 6.68. The van der Waals surface area contributed by atoms with Crippen LogP contribution in [0.4, 0.5) is 5.69 Å². The Kier molecular flexibility index (Phi) is 5.58. The van der Waals surface area contributed by atoms with Crippen LogP contribution < -0.4 is 11.1 Å². The maximum atomic E-state index is 11.9. The number of anilines is 1. The monoisotopic (exact) mass is 323 g/mol. The predicted octanol–water partition coefficient (Wildman–Crippen LogP) is 1.84. The van der Waals surface area contributed by atoms with Crippen LogP contribution in [0.5, 0.6) is 0 Å². The van der Waals surface area contributed by atoms with Gasteiger partial charge in [-0.3, -0.25) is 9.59 Å². The zero-order chi connectivity index (χ0) is 15.2. The fourth-order valence-electron chi connectivity index (χ4n) is 2.11. The Morgan fingerprint density at radius 1 is 1.29 bits per heavy atom. The lowest BCUT2D eigenvalue weighted by Gasteiger charge is -2.17. The summed E-state index contributed by atoms with van der Waals surface area (Å²) in [6.07, 6.45) is 2.30. The van der Waals surface area contributed by atoms with Gasteiger partial charge < -0.3 is 16.0 Å². The fourth-order valence-corrected chi connectivity index (χ4v) is 3.16. The van der Waals surface area contributed by atoms with Crippen molar-refractivity contribution in [2.24, 2.45) is 5.73 Å². The van der Waals surface area contributed by atoms with E-state index in [1.807, 2.05) is 0 Å². The van der Waals surface area contributed by atoms with Gasteiger partial charge in [-0.25, -0.2) is 0 Å². The third kappa shape index (κ3) is 4.44. The normalized spacial score (nSPS) is 14.0. The van der Waals surface area contributed by atoms with Crippen molar-refractivity contribution < 1.29 is 9.59 Å². The summed E-state index contributed by atoms with van der Waals surface area (Å²) in [6.45, 7) is 1.94. The molecule has 0 atom stereocenters. The van der Waals surface area contributed by atoms with Gasteiger partial charge in [0.05, 0.1) is 17.0 Å². The van der Waals surface area contributed by atoms with E-state index in [-0.39, 0.29) is 11.7 Å². The van der Waals surface area contributed by atoms with Crippen molar-refractivity contribution in [2.45, 2.75) is 12.8 Å². The molecule has 1 aromatic rings. The number of amides is 2. The number of hydrogen-bond acceptors (Lipinski definition) is 4. The van der Waals surface area contributed by atoms with E-state index in [0.717, 1.165) is 30.3 Å². The molecular formula is C14H17N3O2S2. The molecule has 0 aliphatic carbocycles. The number of primary amides is 1. The van der Waals surface area contributed by atoms with Crippen LogP contribution in [-0.2, 0) is 4.79 Å². The van der Waals surface area contributed by atoms with Crippen molar-refractivity contribution in [2.75, 3.05) is 24.2 Å². The minimum atomic E-state index is -0.564. The number of thiocarbonyl (C=S) groups is 1. The summed E-state index contributed by atoms with van der Waals surface area (Å²) in [5.74, 6) is -0.538. The third-order valence-electron chi connectivity index (χ3n) is 3.16. The minimum absolute atomic E-state index is 0.199. The highest BCUT2D eigenvalue weighted by Crippen LogP contribution is 2.18. The molecule has 2 amide bonds. The van der Waals surface area contributed by atoms with Crippen molar-refractivity contribution in [3.8, 4) is 0 Å². The van der Waals surface area contributed by atoms with Gasteiger partial charge in [0.25, 0.3) is 5.91 Å². The van der Waals surface area contributed by atoms with Gasteiger partial charge in [-0.1, -0.05) is 36.1 Å². The molecule has 0 unspecified atom stereocenters. The first-order valence-electron chi connectivity index (χ1n) is 6.68. The van der Waals surface area contributed by atoms with E-state index in [2.05, 4.69) is 10.2 Å². The third-order valence-corrected chi connectivity index (χ3v) is 4.68. The molecular weight excluding hydrogens is 306 g/mol. The molecule has 112 valence electrons. The van der Waals surface area contributed by atoms with E-state index < -0.39 is 5.91 Å². The van der Waals surface area contributed by atoms with E-state index in [9.17, 15) is 9.59 Å². The molecule has 0 spiro atoms. The van der Waals surface area contributed by atoms with Crippen molar-refractivity contribution in [1.82, 2.24) is 4.90 Å². The summed E-state index contributed by atoms with van der Waals surface area (Å²) in [5, 5.41) is 2.70. The molecule has 3 N–H and O–H groups in total. The minimum Gasteiger partial charge on any atom is -0.366 e. The number of thioether (sulfide) groups is 1. The number of para-hydroxylation sites is 1. The summed E-state index contributed by atoms with van der Waals surface area (Å²) in [7, 11) is 0. The van der Waals surface area contributed by atoms with Crippen LogP contribution in [-0.4, -0.2) is 39.9 Å². The van der Waals surface area contributed by atoms with Gasteiger partial charge in [0, 0.05) is 13.1 Å². The molecule has 21 heavy (non-hydrogen) atoms. The highest BCUT2D eigenvalue weighted by Gasteiger charge is 2.17. The van der Waals surface area contributed by atoms with Crippen LogP contribution in [0, 0.1) is 0 Å². The molecule has 1 aliphatic heterocycles. The highest BCUT2D eigenvalue weighted by molar-refractivity contribution is 8.23. The molecule has 7 heteroatoms. The molecule has 0 bridgehead atoms. The Morgan fingerprint density at radius 2 is 1.95 bits per heavy atom. The van der Waals surface area contributed by atoms with Crippen LogP contribution in [0.2, 0.25) is 0 Å². The number of carbonyl (C=O) groups excluding carboxylic acids is 2. The predicted molar refractivity (Wildman–Crippen MR) is 89.5 cm³/mol. The Hall–Kier alpha value is -1.60. The number of carbonyl (C=O) groups is 2. The van der Waals surface area contributed by atoms with Gasteiger partial charge in [0.15, 0.2) is 0 Å². The lowest BCUT2D eigenvalue weighted by molar-refractivity contribution is -0.113.